The summed E-state index contributed by atoms with van der Waals surface area (Å²) in [5.74, 6) is -1.48. The Bertz CT molecular complexity index is 1010. The molecule has 10 nitrogen and oxygen atoms in total. The lowest BCUT2D eigenvalue weighted by atomic mass is 10.2. The zero-order valence-electron chi connectivity index (χ0n) is 14.5. The molecule has 0 aliphatic heterocycles. The van der Waals surface area contributed by atoms with Crippen molar-refractivity contribution >= 4 is 40.6 Å². The smallest absolute Gasteiger partial charge is 0.350 e. The van der Waals surface area contributed by atoms with Crippen molar-refractivity contribution in [3.05, 3.63) is 40.1 Å². The molecule has 3 rings (SSSR count). The van der Waals surface area contributed by atoms with E-state index in [4.69, 9.17) is 4.74 Å². The van der Waals surface area contributed by atoms with E-state index in [1.807, 2.05) is 6.92 Å². The van der Waals surface area contributed by atoms with E-state index in [2.05, 4.69) is 25.1 Å². The zero-order valence-corrected chi connectivity index (χ0v) is 15.3. The number of fused-ring (bicyclic) bond motifs is 1. The molecule has 0 fully saturated rings. The lowest BCUT2D eigenvalue weighted by Gasteiger charge is -2.09. The van der Waals surface area contributed by atoms with Gasteiger partial charge in [0.15, 0.2) is 6.61 Å². The number of nitrogens with zero attached hydrogens (tertiary/aromatic N) is 4. The van der Waals surface area contributed by atoms with Crippen LogP contribution in [0, 0.1) is 0 Å². The van der Waals surface area contributed by atoms with Crippen molar-refractivity contribution in [3.8, 4) is 0 Å². The normalized spacial score (nSPS) is 10.6. The van der Waals surface area contributed by atoms with E-state index in [0.717, 1.165) is 11.3 Å². The zero-order chi connectivity index (χ0) is 19.4. The van der Waals surface area contributed by atoms with E-state index in [9.17, 15) is 14.4 Å². The lowest BCUT2D eigenvalue weighted by molar-refractivity contribution is -0.119. The van der Waals surface area contributed by atoms with Crippen molar-refractivity contribution in [1.82, 2.24) is 19.6 Å². The van der Waals surface area contributed by atoms with E-state index >= 15 is 0 Å². The van der Waals surface area contributed by atoms with Gasteiger partial charge in [-0.25, -0.2) is 19.1 Å². The quantitative estimate of drug-likeness (QED) is 0.626. The number of carbonyl (C=O) groups is 3. The van der Waals surface area contributed by atoms with Gasteiger partial charge in [0, 0.05) is 6.20 Å². The summed E-state index contributed by atoms with van der Waals surface area (Å²) in [6.07, 6.45) is 3.18. The highest BCUT2D eigenvalue weighted by Gasteiger charge is 2.19. The van der Waals surface area contributed by atoms with Crippen LogP contribution in [0.4, 0.5) is 5.69 Å². The summed E-state index contributed by atoms with van der Waals surface area (Å²) in [7, 11) is 1.25. The minimum absolute atomic E-state index is 0.203. The number of aryl methyl sites for hydroxylation is 1. The molecule has 27 heavy (non-hydrogen) atoms. The first kappa shape index (κ1) is 18.5. The van der Waals surface area contributed by atoms with E-state index in [0.29, 0.717) is 23.6 Å². The molecular weight excluding hydrogens is 374 g/mol. The van der Waals surface area contributed by atoms with Crippen molar-refractivity contribution in [2.24, 2.45) is 0 Å². The first-order valence-electron chi connectivity index (χ1n) is 7.85. The maximum Gasteiger partial charge on any atom is 0.350 e. The molecule has 0 saturated heterocycles. The molecule has 0 saturated carbocycles. The summed E-state index contributed by atoms with van der Waals surface area (Å²) in [5, 5.41) is 8.18. The van der Waals surface area contributed by atoms with Gasteiger partial charge in [-0.3, -0.25) is 4.79 Å². The summed E-state index contributed by atoms with van der Waals surface area (Å²) in [6.45, 7) is 1.33. The van der Waals surface area contributed by atoms with Crippen molar-refractivity contribution in [2.75, 3.05) is 19.0 Å². The number of nitrogens with one attached hydrogen (secondary N) is 1. The summed E-state index contributed by atoms with van der Waals surface area (Å²) in [4.78, 5) is 44.3. The van der Waals surface area contributed by atoms with Gasteiger partial charge in [-0.05, 0) is 17.9 Å². The first-order chi connectivity index (χ1) is 13.0. The molecule has 0 aromatic carbocycles. The third kappa shape index (κ3) is 3.77. The Hall–Kier alpha value is -3.34. The Kier molecular flexibility index (Phi) is 5.41. The Morgan fingerprint density at radius 3 is 2.81 bits per heavy atom. The Labute approximate surface area is 157 Å². The van der Waals surface area contributed by atoms with Crippen molar-refractivity contribution in [1.29, 1.82) is 0 Å². The third-order valence-electron chi connectivity index (χ3n) is 3.60. The molecule has 0 unspecified atom stereocenters. The molecule has 1 N–H and O–H groups in total. The van der Waals surface area contributed by atoms with E-state index < -0.39 is 24.5 Å². The predicted octanol–water partition coefficient (Wildman–Crippen LogP) is 1.33. The second kappa shape index (κ2) is 7.91. The second-order valence-electron chi connectivity index (χ2n) is 5.22. The SMILES string of the molecule is CCc1c(C(=O)OCC(=O)Nc2ccsc2C(=O)OC)cnc2ncnn12. The van der Waals surface area contributed by atoms with Gasteiger partial charge in [0.25, 0.3) is 11.7 Å². The topological polar surface area (TPSA) is 125 Å². The molecule has 0 atom stereocenters. The van der Waals surface area contributed by atoms with Gasteiger partial charge in [0.2, 0.25) is 0 Å². The van der Waals surface area contributed by atoms with E-state index in [1.165, 1.54) is 24.1 Å². The van der Waals surface area contributed by atoms with Crippen LogP contribution >= 0.6 is 11.3 Å². The van der Waals surface area contributed by atoms with Crippen molar-refractivity contribution in [2.45, 2.75) is 13.3 Å². The van der Waals surface area contributed by atoms with Crippen LogP contribution in [0.2, 0.25) is 0 Å². The summed E-state index contributed by atoms with van der Waals surface area (Å²) < 4.78 is 11.2. The molecule has 140 valence electrons. The molecule has 3 aromatic heterocycles. The van der Waals surface area contributed by atoms with Crippen LogP contribution in [0.1, 0.15) is 32.6 Å². The van der Waals surface area contributed by atoms with Crippen molar-refractivity contribution < 1.29 is 23.9 Å². The number of hydrogen-bond donors (Lipinski definition) is 1. The maximum atomic E-state index is 12.3. The minimum atomic E-state index is -0.703. The van der Waals surface area contributed by atoms with E-state index in [-0.39, 0.29) is 10.4 Å². The fourth-order valence-electron chi connectivity index (χ4n) is 2.39. The average Bonchev–Trinajstić information content (AvgIpc) is 3.33. The number of esters is 2. The van der Waals surface area contributed by atoms with Crippen LogP contribution in [-0.4, -0.2) is 51.1 Å². The van der Waals surface area contributed by atoms with Gasteiger partial charge in [-0.2, -0.15) is 10.1 Å². The van der Waals surface area contributed by atoms with E-state index in [1.54, 1.807) is 11.4 Å². The minimum Gasteiger partial charge on any atom is -0.465 e. The number of methoxy groups -OCH3 is 1. The highest BCUT2D eigenvalue weighted by molar-refractivity contribution is 7.12. The monoisotopic (exact) mass is 389 g/mol. The van der Waals surface area contributed by atoms with Crippen molar-refractivity contribution in [3.63, 3.8) is 0 Å². The summed E-state index contributed by atoms with van der Waals surface area (Å²) in [5.41, 5.74) is 1.08. The number of rotatable bonds is 6. The number of amides is 1. The average molecular weight is 389 g/mol. The molecule has 0 bridgehead atoms. The number of hydrogen-bond acceptors (Lipinski definition) is 9. The fourth-order valence-corrected chi connectivity index (χ4v) is 3.15. The summed E-state index contributed by atoms with van der Waals surface area (Å²) >= 11 is 1.13. The second-order valence-corrected chi connectivity index (χ2v) is 6.14. The highest BCUT2D eigenvalue weighted by Crippen LogP contribution is 2.23. The highest BCUT2D eigenvalue weighted by atomic mass is 32.1. The molecule has 1 amide bonds. The van der Waals surface area contributed by atoms with Crippen LogP contribution in [0.5, 0.6) is 0 Å². The van der Waals surface area contributed by atoms with Crippen LogP contribution in [0.15, 0.2) is 24.0 Å². The van der Waals surface area contributed by atoms with Gasteiger partial charge < -0.3 is 14.8 Å². The Morgan fingerprint density at radius 1 is 1.26 bits per heavy atom. The van der Waals surface area contributed by atoms with Crippen LogP contribution in [-0.2, 0) is 20.7 Å². The van der Waals surface area contributed by atoms with Crippen LogP contribution in [0.25, 0.3) is 5.78 Å². The number of thiophene rings is 1. The molecule has 0 aliphatic rings. The molecular formula is C16H15N5O5S. The Morgan fingerprint density at radius 2 is 2.07 bits per heavy atom. The van der Waals surface area contributed by atoms with Crippen LogP contribution in [0.3, 0.4) is 0 Å². The van der Waals surface area contributed by atoms with Gasteiger partial charge >= 0.3 is 11.9 Å². The number of carbonyl (C=O) groups excluding carboxylic acids is 3. The molecule has 11 heteroatoms. The first-order valence-corrected chi connectivity index (χ1v) is 8.73. The number of ether oxygens (including phenoxy) is 2. The molecule has 0 aliphatic carbocycles. The standard InChI is InChI=1S/C16H15N5O5S/c1-3-11-9(6-17-16-18-8-19-21(11)16)14(23)26-7-12(22)20-10-4-5-27-13(10)15(24)25-2/h4-6,8H,3,7H2,1-2H3,(H,20,22). The third-order valence-corrected chi connectivity index (χ3v) is 4.50. The molecule has 0 radical (unpaired) electrons. The van der Waals surface area contributed by atoms with Crippen LogP contribution < -0.4 is 5.32 Å². The van der Waals surface area contributed by atoms with Gasteiger partial charge in [-0.15, -0.1) is 11.3 Å². The summed E-state index contributed by atoms with van der Waals surface area (Å²) in [6, 6.07) is 1.56. The predicted molar refractivity (Wildman–Crippen MR) is 94.7 cm³/mol. The van der Waals surface area contributed by atoms with Gasteiger partial charge in [0.1, 0.15) is 11.2 Å². The lowest BCUT2D eigenvalue weighted by Crippen LogP contribution is -2.22. The molecule has 3 heterocycles. The fraction of sp³-hybridized carbons (Fsp3) is 0.250. The molecule has 0 spiro atoms. The van der Waals surface area contributed by atoms with Gasteiger partial charge in [0.05, 0.1) is 24.1 Å². The number of anilines is 1. The maximum absolute atomic E-state index is 12.3. The Balaban J connectivity index is 1.67. The van der Waals surface area contributed by atoms with Gasteiger partial charge in [-0.1, -0.05) is 6.92 Å². The molecule has 3 aromatic rings. The number of aromatic nitrogens is 4. The largest absolute Gasteiger partial charge is 0.465 e.